The zero-order valence-corrected chi connectivity index (χ0v) is 12.2. The molecule has 1 aliphatic carbocycles. The minimum Gasteiger partial charge on any atom is -0.352 e. The van der Waals surface area contributed by atoms with Crippen molar-refractivity contribution in [2.45, 2.75) is 24.6 Å². The lowest BCUT2D eigenvalue weighted by molar-refractivity contribution is -0.385. The van der Waals surface area contributed by atoms with Crippen LogP contribution in [0.4, 0.5) is 5.69 Å². The highest BCUT2D eigenvalue weighted by molar-refractivity contribution is 6.31. The first-order valence-corrected chi connectivity index (χ1v) is 7.15. The van der Waals surface area contributed by atoms with Crippen molar-refractivity contribution in [3.05, 3.63) is 38.9 Å². The number of benzene rings is 1. The van der Waals surface area contributed by atoms with Crippen LogP contribution in [-0.2, 0) is 0 Å². The lowest BCUT2D eigenvalue weighted by Crippen LogP contribution is -2.29. The monoisotopic (exact) mass is 316 g/mol. The smallest absolute Gasteiger partial charge is 0.283 e. The van der Waals surface area contributed by atoms with Crippen molar-refractivity contribution in [2.75, 3.05) is 6.54 Å². The highest BCUT2D eigenvalue weighted by Crippen LogP contribution is 2.29. The van der Waals surface area contributed by atoms with Crippen LogP contribution >= 0.6 is 23.2 Å². The summed E-state index contributed by atoms with van der Waals surface area (Å²) in [4.78, 5) is 22.4. The van der Waals surface area contributed by atoms with Gasteiger partial charge in [-0.25, -0.2) is 0 Å². The summed E-state index contributed by atoms with van der Waals surface area (Å²) in [7, 11) is 0. The van der Waals surface area contributed by atoms with Gasteiger partial charge in [0.25, 0.3) is 11.6 Å². The second kappa shape index (κ2) is 6.41. The van der Waals surface area contributed by atoms with Gasteiger partial charge in [-0.1, -0.05) is 11.6 Å². The van der Waals surface area contributed by atoms with E-state index in [9.17, 15) is 14.9 Å². The van der Waals surface area contributed by atoms with Crippen LogP contribution in [0, 0.1) is 16.0 Å². The molecule has 20 heavy (non-hydrogen) atoms. The molecule has 0 aromatic heterocycles. The number of rotatable bonds is 4. The van der Waals surface area contributed by atoms with Gasteiger partial charge in [-0.15, -0.1) is 11.6 Å². The minimum atomic E-state index is -0.606. The molecule has 5 nitrogen and oxygen atoms in total. The molecular weight excluding hydrogens is 303 g/mol. The third-order valence-corrected chi connectivity index (χ3v) is 4.06. The number of carbonyl (C=O) groups excluding carboxylic acids is 1. The van der Waals surface area contributed by atoms with Gasteiger partial charge in [0.1, 0.15) is 5.56 Å². The number of hydrogen-bond acceptors (Lipinski definition) is 3. The Hall–Kier alpha value is -1.33. The average Bonchev–Trinajstić information content (AvgIpc) is 2.81. The topological polar surface area (TPSA) is 72.2 Å². The van der Waals surface area contributed by atoms with Crippen LogP contribution in [0.1, 0.15) is 29.6 Å². The van der Waals surface area contributed by atoms with Gasteiger partial charge in [-0.05, 0) is 37.3 Å². The molecule has 108 valence electrons. The van der Waals surface area contributed by atoms with E-state index in [1.54, 1.807) is 0 Å². The zero-order valence-electron chi connectivity index (χ0n) is 10.6. The molecule has 0 bridgehead atoms. The van der Waals surface area contributed by atoms with Crippen LogP contribution in [0.15, 0.2) is 18.2 Å². The summed E-state index contributed by atoms with van der Waals surface area (Å²) in [6.45, 7) is 0.488. The van der Waals surface area contributed by atoms with Crippen molar-refractivity contribution in [3.8, 4) is 0 Å². The number of alkyl halides is 1. The van der Waals surface area contributed by atoms with E-state index in [1.807, 2.05) is 0 Å². The molecule has 1 aliphatic rings. The fourth-order valence-corrected chi connectivity index (χ4v) is 2.92. The van der Waals surface area contributed by atoms with E-state index >= 15 is 0 Å². The van der Waals surface area contributed by atoms with E-state index in [0.29, 0.717) is 12.5 Å². The van der Waals surface area contributed by atoms with E-state index in [0.717, 1.165) is 19.3 Å². The quantitative estimate of drug-likeness (QED) is 0.525. The summed E-state index contributed by atoms with van der Waals surface area (Å²) < 4.78 is 0. The maximum absolute atomic E-state index is 12.0. The van der Waals surface area contributed by atoms with Gasteiger partial charge in [-0.2, -0.15) is 0 Å². The van der Waals surface area contributed by atoms with Gasteiger partial charge < -0.3 is 5.32 Å². The van der Waals surface area contributed by atoms with Crippen molar-refractivity contribution < 1.29 is 9.72 Å². The van der Waals surface area contributed by atoms with Crippen LogP contribution < -0.4 is 5.32 Å². The lowest BCUT2D eigenvalue weighted by atomic mass is 10.1. The molecule has 1 aromatic carbocycles. The summed E-state index contributed by atoms with van der Waals surface area (Å²) >= 11 is 11.7. The van der Waals surface area contributed by atoms with Gasteiger partial charge in [0.2, 0.25) is 0 Å². The van der Waals surface area contributed by atoms with Crippen LogP contribution in [-0.4, -0.2) is 22.8 Å². The second-order valence-electron chi connectivity index (χ2n) is 4.90. The highest BCUT2D eigenvalue weighted by atomic mass is 35.5. The number of nitrogens with one attached hydrogen (secondary N) is 1. The molecule has 1 amide bonds. The van der Waals surface area contributed by atoms with E-state index in [2.05, 4.69) is 5.32 Å². The molecule has 1 fully saturated rings. The number of amides is 1. The Labute approximate surface area is 126 Å². The molecule has 0 heterocycles. The molecule has 2 atom stereocenters. The molecule has 1 N–H and O–H groups in total. The molecule has 0 aliphatic heterocycles. The van der Waals surface area contributed by atoms with Crippen LogP contribution in [0.2, 0.25) is 5.02 Å². The van der Waals surface area contributed by atoms with E-state index in [-0.39, 0.29) is 21.7 Å². The Balaban J connectivity index is 2.03. The second-order valence-corrected chi connectivity index (χ2v) is 5.96. The molecule has 1 aromatic rings. The lowest BCUT2D eigenvalue weighted by Gasteiger charge is -2.11. The molecule has 1 saturated carbocycles. The molecule has 2 unspecified atom stereocenters. The largest absolute Gasteiger partial charge is 0.352 e. The first-order valence-electron chi connectivity index (χ1n) is 6.33. The summed E-state index contributed by atoms with van der Waals surface area (Å²) in [6.07, 6.45) is 2.78. The number of carbonyl (C=O) groups is 1. The Bertz CT molecular complexity index is 536. The van der Waals surface area contributed by atoms with Crippen molar-refractivity contribution >= 4 is 34.8 Å². The van der Waals surface area contributed by atoms with Crippen molar-refractivity contribution in [3.63, 3.8) is 0 Å². The third-order valence-electron chi connectivity index (χ3n) is 3.43. The van der Waals surface area contributed by atoms with Gasteiger partial charge in [0, 0.05) is 23.0 Å². The number of nitro benzene ring substituents is 1. The summed E-state index contributed by atoms with van der Waals surface area (Å²) in [5.41, 5.74) is -0.253. The van der Waals surface area contributed by atoms with Gasteiger partial charge in [0.15, 0.2) is 0 Å². The Kier molecular flexibility index (Phi) is 4.83. The number of nitro groups is 1. The minimum absolute atomic E-state index is 0.0276. The average molecular weight is 317 g/mol. The van der Waals surface area contributed by atoms with Gasteiger partial charge in [0.05, 0.1) is 4.92 Å². The molecular formula is C13H14Cl2N2O3. The van der Waals surface area contributed by atoms with E-state index in [4.69, 9.17) is 23.2 Å². The zero-order chi connectivity index (χ0) is 14.7. The highest BCUT2D eigenvalue weighted by Gasteiger charge is 2.25. The third kappa shape index (κ3) is 3.61. The Morgan fingerprint density at radius 2 is 2.20 bits per heavy atom. The molecule has 0 spiro atoms. The standard InChI is InChI=1S/C13H14Cl2N2O3/c14-9-2-1-8(5-9)7-16-13(18)11-4-3-10(15)6-12(11)17(19)20/h3-4,6,8-9H,1-2,5,7H2,(H,16,18). The summed E-state index contributed by atoms with van der Waals surface area (Å²) in [5, 5.41) is 14.1. The predicted molar refractivity (Wildman–Crippen MR) is 77.4 cm³/mol. The normalized spacial score (nSPS) is 21.7. The first-order chi connectivity index (χ1) is 9.47. The molecule has 2 rings (SSSR count). The summed E-state index contributed by atoms with van der Waals surface area (Å²) in [5.74, 6) is -0.112. The molecule has 0 saturated heterocycles. The Morgan fingerprint density at radius 1 is 1.45 bits per heavy atom. The molecule has 0 radical (unpaired) electrons. The first kappa shape index (κ1) is 15.1. The Morgan fingerprint density at radius 3 is 2.80 bits per heavy atom. The van der Waals surface area contributed by atoms with Crippen LogP contribution in [0.5, 0.6) is 0 Å². The maximum Gasteiger partial charge on any atom is 0.283 e. The number of nitrogens with zero attached hydrogens (tertiary/aromatic N) is 1. The van der Waals surface area contributed by atoms with Crippen molar-refractivity contribution in [1.82, 2.24) is 5.32 Å². The van der Waals surface area contributed by atoms with E-state index in [1.165, 1.54) is 18.2 Å². The van der Waals surface area contributed by atoms with Crippen LogP contribution in [0.25, 0.3) is 0 Å². The molecule has 7 heteroatoms. The van der Waals surface area contributed by atoms with Crippen LogP contribution in [0.3, 0.4) is 0 Å². The van der Waals surface area contributed by atoms with Crippen molar-refractivity contribution in [2.24, 2.45) is 5.92 Å². The van der Waals surface area contributed by atoms with Crippen molar-refractivity contribution in [1.29, 1.82) is 0 Å². The summed E-state index contributed by atoms with van der Waals surface area (Å²) in [6, 6.07) is 4.02. The van der Waals surface area contributed by atoms with Gasteiger partial charge >= 0.3 is 0 Å². The maximum atomic E-state index is 12.0. The van der Waals surface area contributed by atoms with Gasteiger partial charge in [-0.3, -0.25) is 14.9 Å². The fraction of sp³-hybridized carbons (Fsp3) is 0.462. The van der Waals surface area contributed by atoms with E-state index < -0.39 is 10.8 Å². The number of halogens is 2. The predicted octanol–water partition coefficient (Wildman–Crippen LogP) is 3.39. The fourth-order valence-electron chi connectivity index (χ4n) is 2.38. The number of hydrogen-bond donors (Lipinski definition) is 1. The SMILES string of the molecule is O=C(NCC1CCC(Cl)C1)c1ccc(Cl)cc1[N+](=O)[O-].